The largest absolute Gasteiger partial charge is 0.381 e. The summed E-state index contributed by atoms with van der Waals surface area (Å²) in [6, 6.07) is 1.96. The molecule has 1 unspecified atom stereocenters. The average Bonchev–Trinajstić information content (AvgIpc) is 2.86. The summed E-state index contributed by atoms with van der Waals surface area (Å²) in [5.74, 6) is 1.63. The molecule has 0 radical (unpaired) electrons. The van der Waals surface area contributed by atoms with Gasteiger partial charge in [-0.2, -0.15) is 5.10 Å². The standard InChI is InChI=1S/C14H22N4O2/c1-9(11-7-15-8-11)14(19)16-13-6-12(17-18-13)10-2-4-20-5-3-10/h6,9-11,15H,2-5,7-8H2,1H3,(H2,16,17,18,19). The van der Waals surface area contributed by atoms with E-state index in [1.54, 1.807) is 0 Å². The van der Waals surface area contributed by atoms with Crippen LogP contribution in [-0.2, 0) is 9.53 Å². The molecule has 0 bridgehead atoms. The highest BCUT2D eigenvalue weighted by Crippen LogP contribution is 2.27. The first kappa shape index (κ1) is 13.6. The Balaban J connectivity index is 1.57. The molecule has 2 aliphatic heterocycles. The smallest absolute Gasteiger partial charge is 0.228 e. The van der Waals surface area contributed by atoms with Crippen molar-refractivity contribution in [3.8, 4) is 0 Å². The molecule has 6 nitrogen and oxygen atoms in total. The first-order valence-corrected chi connectivity index (χ1v) is 7.38. The molecule has 3 rings (SSSR count). The quantitative estimate of drug-likeness (QED) is 0.770. The normalized spacial score (nSPS) is 22.2. The minimum atomic E-state index is 0.0273. The van der Waals surface area contributed by atoms with Gasteiger partial charge in [-0.15, -0.1) is 0 Å². The van der Waals surface area contributed by atoms with Crippen molar-refractivity contribution in [2.75, 3.05) is 31.6 Å². The summed E-state index contributed by atoms with van der Waals surface area (Å²) < 4.78 is 5.36. The SMILES string of the molecule is CC(C(=O)Nc1cc(C2CCOCC2)[nH]n1)C1CNC1. The third-order valence-corrected chi connectivity index (χ3v) is 4.44. The van der Waals surface area contributed by atoms with Gasteiger partial charge in [0.25, 0.3) is 0 Å². The van der Waals surface area contributed by atoms with E-state index in [2.05, 4.69) is 20.8 Å². The van der Waals surface area contributed by atoms with E-state index in [9.17, 15) is 4.79 Å². The van der Waals surface area contributed by atoms with Gasteiger partial charge in [-0.25, -0.2) is 0 Å². The van der Waals surface area contributed by atoms with Crippen molar-refractivity contribution in [3.05, 3.63) is 11.8 Å². The van der Waals surface area contributed by atoms with Gasteiger partial charge in [-0.05, 0) is 31.8 Å². The minimum Gasteiger partial charge on any atom is -0.381 e. The van der Waals surface area contributed by atoms with E-state index in [0.29, 0.717) is 17.7 Å². The molecule has 0 aromatic carbocycles. The number of aromatic nitrogens is 2. The first-order chi connectivity index (χ1) is 9.74. The molecular formula is C14H22N4O2. The van der Waals surface area contributed by atoms with Crippen molar-refractivity contribution >= 4 is 11.7 Å². The second-order valence-electron chi connectivity index (χ2n) is 5.79. The lowest BCUT2D eigenvalue weighted by atomic mass is 9.88. The van der Waals surface area contributed by atoms with Gasteiger partial charge in [0.15, 0.2) is 5.82 Å². The highest BCUT2D eigenvalue weighted by molar-refractivity contribution is 5.91. The minimum absolute atomic E-state index is 0.0273. The number of hydrogen-bond acceptors (Lipinski definition) is 4. The molecular weight excluding hydrogens is 256 g/mol. The Morgan fingerprint density at radius 1 is 1.45 bits per heavy atom. The molecule has 0 saturated carbocycles. The molecule has 1 amide bonds. The number of ether oxygens (including phenoxy) is 1. The number of aromatic amines is 1. The van der Waals surface area contributed by atoms with E-state index in [-0.39, 0.29) is 11.8 Å². The third kappa shape index (κ3) is 2.86. The average molecular weight is 278 g/mol. The maximum absolute atomic E-state index is 12.1. The van der Waals surface area contributed by atoms with Crippen LogP contribution in [-0.4, -0.2) is 42.4 Å². The van der Waals surface area contributed by atoms with Crippen LogP contribution >= 0.6 is 0 Å². The van der Waals surface area contributed by atoms with Crippen LogP contribution in [0.15, 0.2) is 6.07 Å². The summed E-state index contributed by atoms with van der Waals surface area (Å²) >= 11 is 0. The number of anilines is 1. The molecule has 3 heterocycles. The fourth-order valence-electron chi connectivity index (χ4n) is 2.74. The summed E-state index contributed by atoms with van der Waals surface area (Å²) in [5, 5.41) is 13.4. The summed E-state index contributed by atoms with van der Waals surface area (Å²) in [7, 11) is 0. The molecule has 2 fully saturated rings. The van der Waals surface area contributed by atoms with E-state index in [0.717, 1.165) is 44.8 Å². The van der Waals surface area contributed by atoms with Gasteiger partial charge in [0.2, 0.25) is 5.91 Å². The van der Waals surface area contributed by atoms with Crippen LogP contribution in [0.2, 0.25) is 0 Å². The lowest BCUT2D eigenvalue weighted by Gasteiger charge is -2.31. The Morgan fingerprint density at radius 3 is 2.85 bits per heavy atom. The lowest BCUT2D eigenvalue weighted by molar-refractivity contribution is -0.121. The molecule has 3 N–H and O–H groups in total. The van der Waals surface area contributed by atoms with Gasteiger partial charge >= 0.3 is 0 Å². The van der Waals surface area contributed by atoms with Crippen LogP contribution in [0.1, 0.15) is 31.4 Å². The zero-order chi connectivity index (χ0) is 13.9. The molecule has 2 saturated heterocycles. The van der Waals surface area contributed by atoms with Crippen LogP contribution in [0.4, 0.5) is 5.82 Å². The Hall–Kier alpha value is -1.40. The van der Waals surface area contributed by atoms with E-state index in [1.807, 2.05) is 13.0 Å². The number of rotatable bonds is 4. The van der Waals surface area contributed by atoms with Gasteiger partial charge in [0.05, 0.1) is 0 Å². The maximum Gasteiger partial charge on any atom is 0.228 e. The number of H-pyrrole nitrogens is 1. The van der Waals surface area contributed by atoms with E-state index < -0.39 is 0 Å². The predicted molar refractivity (Wildman–Crippen MR) is 75.5 cm³/mol. The van der Waals surface area contributed by atoms with Gasteiger partial charge in [0.1, 0.15) is 0 Å². The van der Waals surface area contributed by atoms with E-state index >= 15 is 0 Å². The fraction of sp³-hybridized carbons (Fsp3) is 0.714. The lowest BCUT2D eigenvalue weighted by Crippen LogP contribution is -2.48. The second-order valence-corrected chi connectivity index (χ2v) is 5.79. The molecule has 110 valence electrons. The molecule has 0 aliphatic carbocycles. The third-order valence-electron chi connectivity index (χ3n) is 4.44. The van der Waals surface area contributed by atoms with Crippen LogP contribution in [0, 0.1) is 11.8 Å². The Kier molecular flexibility index (Phi) is 4.03. The number of nitrogens with one attached hydrogen (secondary N) is 3. The Labute approximate surface area is 118 Å². The predicted octanol–water partition coefficient (Wildman–Crippen LogP) is 1.10. The van der Waals surface area contributed by atoms with Crippen LogP contribution in [0.5, 0.6) is 0 Å². The molecule has 0 spiro atoms. The summed E-state index contributed by atoms with van der Waals surface area (Å²) in [6.07, 6.45) is 2.03. The number of nitrogens with zero attached hydrogens (tertiary/aromatic N) is 1. The number of amides is 1. The number of hydrogen-bond donors (Lipinski definition) is 3. The first-order valence-electron chi connectivity index (χ1n) is 7.38. The zero-order valence-corrected chi connectivity index (χ0v) is 11.8. The van der Waals surface area contributed by atoms with E-state index in [1.165, 1.54) is 0 Å². The summed E-state index contributed by atoms with van der Waals surface area (Å²) in [4.78, 5) is 12.1. The van der Waals surface area contributed by atoms with Crippen molar-refractivity contribution in [2.45, 2.75) is 25.7 Å². The molecule has 20 heavy (non-hydrogen) atoms. The summed E-state index contributed by atoms with van der Waals surface area (Å²) in [5.41, 5.74) is 1.10. The van der Waals surface area contributed by atoms with E-state index in [4.69, 9.17) is 4.74 Å². The Bertz CT molecular complexity index is 463. The van der Waals surface area contributed by atoms with Crippen LogP contribution in [0.3, 0.4) is 0 Å². The molecule has 1 aromatic rings. The molecule has 2 aliphatic rings. The van der Waals surface area contributed by atoms with Crippen molar-refractivity contribution in [3.63, 3.8) is 0 Å². The van der Waals surface area contributed by atoms with Gasteiger partial charge in [0, 0.05) is 36.8 Å². The van der Waals surface area contributed by atoms with Crippen LogP contribution in [0.25, 0.3) is 0 Å². The molecule has 1 aromatic heterocycles. The maximum atomic E-state index is 12.1. The van der Waals surface area contributed by atoms with Crippen molar-refractivity contribution < 1.29 is 9.53 Å². The molecule has 1 atom stereocenters. The highest BCUT2D eigenvalue weighted by atomic mass is 16.5. The number of carbonyl (C=O) groups is 1. The summed E-state index contributed by atoms with van der Waals surface area (Å²) in [6.45, 7) is 5.45. The van der Waals surface area contributed by atoms with Gasteiger partial charge in [-0.1, -0.05) is 6.92 Å². The number of carbonyl (C=O) groups excluding carboxylic acids is 1. The monoisotopic (exact) mass is 278 g/mol. The van der Waals surface area contributed by atoms with Gasteiger partial charge in [-0.3, -0.25) is 9.89 Å². The zero-order valence-electron chi connectivity index (χ0n) is 11.8. The fourth-order valence-corrected chi connectivity index (χ4v) is 2.74. The van der Waals surface area contributed by atoms with Crippen LogP contribution < -0.4 is 10.6 Å². The van der Waals surface area contributed by atoms with Crippen molar-refractivity contribution in [1.29, 1.82) is 0 Å². The van der Waals surface area contributed by atoms with Gasteiger partial charge < -0.3 is 15.4 Å². The van der Waals surface area contributed by atoms with Crippen molar-refractivity contribution in [1.82, 2.24) is 15.5 Å². The Morgan fingerprint density at radius 2 is 2.20 bits per heavy atom. The van der Waals surface area contributed by atoms with Crippen molar-refractivity contribution in [2.24, 2.45) is 11.8 Å². The second kappa shape index (κ2) is 5.93. The molecule has 6 heteroatoms. The highest BCUT2D eigenvalue weighted by Gasteiger charge is 2.29. The topological polar surface area (TPSA) is 79.0 Å².